The van der Waals surface area contributed by atoms with Crippen LogP contribution in [0, 0.1) is 22.7 Å². The van der Waals surface area contributed by atoms with E-state index in [9.17, 15) is 13.7 Å². The molecule has 27 heavy (non-hydrogen) atoms. The van der Waals surface area contributed by atoms with Crippen molar-refractivity contribution in [2.75, 3.05) is 4.31 Å². The molecule has 0 atom stereocenters. The number of benzene rings is 3. The van der Waals surface area contributed by atoms with Gasteiger partial charge in [-0.05, 0) is 42.0 Å². The Labute approximate surface area is 158 Å². The number of hydrogen-bond donors (Lipinski definition) is 0. The van der Waals surface area contributed by atoms with Gasteiger partial charge in [0.1, 0.15) is 0 Å². The van der Waals surface area contributed by atoms with E-state index in [4.69, 9.17) is 5.26 Å². The van der Waals surface area contributed by atoms with E-state index >= 15 is 0 Å². The second kappa shape index (κ2) is 7.74. The Hall–Kier alpha value is -3.61. The molecular weight excluding hydrogens is 358 g/mol. The largest absolute Gasteiger partial charge is 0.264 e. The van der Waals surface area contributed by atoms with E-state index in [2.05, 4.69) is 6.07 Å². The third-order valence-corrected chi connectivity index (χ3v) is 5.82. The highest BCUT2D eigenvalue weighted by molar-refractivity contribution is 7.92. The van der Waals surface area contributed by atoms with E-state index in [1.807, 2.05) is 6.07 Å². The van der Waals surface area contributed by atoms with Gasteiger partial charge in [-0.25, -0.2) is 8.42 Å². The Kier molecular flexibility index (Phi) is 5.21. The fourth-order valence-electron chi connectivity index (χ4n) is 2.68. The molecule has 0 radical (unpaired) electrons. The average molecular weight is 373 g/mol. The van der Waals surface area contributed by atoms with Crippen molar-refractivity contribution >= 4 is 15.7 Å². The van der Waals surface area contributed by atoms with Crippen LogP contribution in [0.3, 0.4) is 0 Å². The van der Waals surface area contributed by atoms with Crippen molar-refractivity contribution in [2.24, 2.45) is 0 Å². The normalized spacial score (nSPS) is 10.6. The molecule has 0 aliphatic carbocycles. The Bertz CT molecular complexity index is 1140. The SMILES string of the molecule is N#Cc1cccc(S(=O)(=O)N(Cc2ccccc2C#N)c2ccccc2)c1. The summed E-state index contributed by atoms with van der Waals surface area (Å²) in [6, 6.07) is 25.5. The van der Waals surface area contributed by atoms with Gasteiger partial charge in [-0.1, -0.05) is 42.5 Å². The van der Waals surface area contributed by atoms with E-state index in [1.54, 1.807) is 60.7 Å². The molecule has 0 unspecified atom stereocenters. The van der Waals surface area contributed by atoms with Gasteiger partial charge in [-0.3, -0.25) is 4.31 Å². The highest BCUT2D eigenvalue weighted by atomic mass is 32.2. The minimum absolute atomic E-state index is 0.00681. The lowest BCUT2D eigenvalue weighted by atomic mass is 10.1. The molecule has 3 aromatic carbocycles. The van der Waals surface area contributed by atoms with E-state index in [0.717, 1.165) is 0 Å². The maximum absolute atomic E-state index is 13.3. The molecule has 0 bridgehead atoms. The summed E-state index contributed by atoms with van der Waals surface area (Å²) in [7, 11) is -3.94. The predicted molar refractivity (Wildman–Crippen MR) is 102 cm³/mol. The minimum Gasteiger partial charge on any atom is -0.262 e. The van der Waals surface area contributed by atoms with E-state index in [-0.39, 0.29) is 17.0 Å². The van der Waals surface area contributed by atoms with Crippen LogP contribution in [0.5, 0.6) is 0 Å². The highest BCUT2D eigenvalue weighted by Crippen LogP contribution is 2.27. The number of nitriles is 2. The van der Waals surface area contributed by atoms with Gasteiger partial charge >= 0.3 is 0 Å². The molecule has 0 spiro atoms. The molecular formula is C21H15N3O2S. The monoisotopic (exact) mass is 373 g/mol. The third-order valence-electron chi connectivity index (χ3n) is 4.05. The Morgan fingerprint density at radius 2 is 1.52 bits per heavy atom. The summed E-state index contributed by atoms with van der Waals surface area (Å²) >= 11 is 0. The van der Waals surface area contributed by atoms with E-state index in [0.29, 0.717) is 16.8 Å². The molecule has 0 saturated carbocycles. The van der Waals surface area contributed by atoms with Crippen LogP contribution in [0.4, 0.5) is 5.69 Å². The molecule has 5 nitrogen and oxygen atoms in total. The van der Waals surface area contributed by atoms with Gasteiger partial charge in [0.05, 0.1) is 40.4 Å². The molecule has 0 aliphatic heterocycles. The van der Waals surface area contributed by atoms with Crippen LogP contribution in [0.25, 0.3) is 0 Å². The fourth-order valence-corrected chi connectivity index (χ4v) is 4.17. The highest BCUT2D eigenvalue weighted by Gasteiger charge is 2.26. The molecule has 6 heteroatoms. The molecule has 0 aromatic heterocycles. The first-order valence-electron chi connectivity index (χ1n) is 8.12. The lowest BCUT2D eigenvalue weighted by Gasteiger charge is -2.25. The Morgan fingerprint density at radius 1 is 0.815 bits per heavy atom. The average Bonchev–Trinajstić information content (AvgIpc) is 2.72. The van der Waals surface area contributed by atoms with Crippen LogP contribution in [0.1, 0.15) is 16.7 Å². The number of nitrogens with zero attached hydrogens (tertiary/aromatic N) is 3. The van der Waals surface area contributed by atoms with Crippen molar-refractivity contribution in [1.29, 1.82) is 10.5 Å². The van der Waals surface area contributed by atoms with Crippen molar-refractivity contribution in [3.8, 4) is 12.1 Å². The Morgan fingerprint density at radius 3 is 2.22 bits per heavy atom. The van der Waals surface area contributed by atoms with Crippen LogP contribution in [-0.2, 0) is 16.6 Å². The summed E-state index contributed by atoms with van der Waals surface area (Å²) in [4.78, 5) is 0.0276. The quantitative estimate of drug-likeness (QED) is 0.680. The van der Waals surface area contributed by atoms with E-state index < -0.39 is 10.0 Å². The zero-order valence-electron chi connectivity index (χ0n) is 14.3. The summed E-state index contributed by atoms with van der Waals surface area (Å²) in [5.74, 6) is 0. The van der Waals surface area contributed by atoms with Gasteiger partial charge in [-0.15, -0.1) is 0 Å². The number of anilines is 1. The minimum atomic E-state index is -3.94. The van der Waals surface area contributed by atoms with Crippen molar-refractivity contribution in [3.05, 3.63) is 95.6 Å². The molecule has 3 aromatic rings. The smallest absolute Gasteiger partial charge is 0.262 e. The van der Waals surface area contributed by atoms with Gasteiger partial charge in [-0.2, -0.15) is 10.5 Å². The first-order chi connectivity index (χ1) is 13.1. The first-order valence-corrected chi connectivity index (χ1v) is 9.56. The van der Waals surface area contributed by atoms with Crippen LogP contribution >= 0.6 is 0 Å². The second-order valence-corrected chi connectivity index (χ2v) is 7.62. The van der Waals surface area contributed by atoms with Crippen LogP contribution < -0.4 is 4.31 Å². The molecule has 0 saturated heterocycles. The van der Waals surface area contributed by atoms with Gasteiger partial charge in [0.25, 0.3) is 10.0 Å². The number of hydrogen-bond acceptors (Lipinski definition) is 4. The van der Waals surface area contributed by atoms with Crippen molar-refractivity contribution in [1.82, 2.24) is 0 Å². The molecule has 132 valence electrons. The van der Waals surface area contributed by atoms with Gasteiger partial charge in [0.2, 0.25) is 0 Å². The van der Waals surface area contributed by atoms with Gasteiger partial charge in [0, 0.05) is 0 Å². The third kappa shape index (κ3) is 3.82. The summed E-state index contributed by atoms with van der Waals surface area (Å²) < 4.78 is 27.9. The number of sulfonamides is 1. The zero-order valence-corrected chi connectivity index (χ0v) is 15.1. The zero-order chi connectivity index (χ0) is 19.3. The molecule has 0 N–H and O–H groups in total. The molecule has 0 aliphatic rings. The summed E-state index contributed by atoms with van der Waals surface area (Å²) in [5.41, 5.74) is 1.76. The molecule has 0 heterocycles. The molecule has 0 amide bonds. The maximum Gasteiger partial charge on any atom is 0.264 e. The Balaban J connectivity index is 2.13. The van der Waals surface area contributed by atoms with Crippen LogP contribution in [0.15, 0.2) is 83.8 Å². The summed E-state index contributed by atoms with van der Waals surface area (Å²) in [5, 5.41) is 18.4. The standard InChI is InChI=1S/C21H15N3O2S/c22-14-17-7-6-12-21(13-17)27(25,26)24(20-10-2-1-3-11-20)16-19-9-5-4-8-18(19)15-23/h1-13H,16H2. The lowest BCUT2D eigenvalue weighted by molar-refractivity contribution is 0.590. The second-order valence-electron chi connectivity index (χ2n) is 5.76. The molecule has 0 fully saturated rings. The molecule has 3 rings (SSSR count). The van der Waals surface area contributed by atoms with E-state index in [1.165, 1.54) is 22.5 Å². The van der Waals surface area contributed by atoms with Crippen molar-refractivity contribution in [2.45, 2.75) is 11.4 Å². The predicted octanol–water partition coefficient (Wildman–Crippen LogP) is 3.83. The topological polar surface area (TPSA) is 85.0 Å². The summed E-state index contributed by atoms with van der Waals surface area (Å²) in [6.07, 6.45) is 0. The van der Waals surface area contributed by atoms with Gasteiger partial charge < -0.3 is 0 Å². The number of rotatable bonds is 5. The fraction of sp³-hybridized carbons (Fsp3) is 0.0476. The lowest BCUT2D eigenvalue weighted by Crippen LogP contribution is -2.31. The number of para-hydroxylation sites is 1. The van der Waals surface area contributed by atoms with Crippen LogP contribution in [0.2, 0.25) is 0 Å². The summed E-state index contributed by atoms with van der Waals surface area (Å²) in [6.45, 7) is 0.00681. The van der Waals surface area contributed by atoms with Gasteiger partial charge in [0.15, 0.2) is 0 Å². The first kappa shape index (κ1) is 18.2. The van der Waals surface area contributed by atoms with Crippen LogP contribution in [-0.4, -0.2) is 8.42 Å². The van der Waals surface area contributed by atoms with Crippen molar-refractivity contribution < 1.29 is 8.42 Å². The maximum atomic E-state index is 13.3. The van der Waals surface area contributed by atoms with Crippen molar-refractivity contribution in [3.63, 3.8) is 0 Å².